The molecule has 29 heavy (non-hydrogen) atoms. The van der Waals surface area contributed by atoms with Gasteiger partial charge in [0.25, 0.3) is 11.8 Å². The van der Waals surface area contributed by atoms with Crippen LogP contribution in [-0.4, -0.2) is 16.9 Å². The fourth-order valence-electron chi connectivity index (χ4n) is 2.82. The standard InChI is InChI=1S/C21H12ClFN2O3S/c22-13-3-1-12(2-4-13)18-10-9-16(28-18)11-17-19(26)24-21(29)25(20(17)27)15-7-5-14(23)6-8-15/h1-11H,(H,24,26,29). The third-order valence-corrected chi connectivity index (χ3v) is 4.77. The molecule has 4 rings (SSSR count). The molecular weight excluding hydrogens is 415 g/mol. The van der Waals surface area contributed by atoms with Crippen molar-refractivity contribution in [1.29, 1.82) is 0 Å². The maximum Gasteiger partial charge on any atom is 0.270 e. The van der Waals surface area contributed by atoms with Crippen LogP contribution in [0, 0.1) is 5.82 Å². The summed E-state index contributed by atoms with van der Waals surface area (Å²) in [6.07, 6.45) is 1.34. The molecular formula is C21H12ClFN2O3S. The fraction of sp³-hybridized carbons (Fsp3) is 0. The van der Waals surface area contributed by atoms with Gasteiger partial charge >= 0.3 is 0 Å². The number of carbonyl (C=O) groups is 2. The van der Waals surface area contributed by atoms with E-state index in [9.17, 15) is 14.0 Å². The SMILES string of the molecule is O=C1NC(=S)N(c2ccc(F)cc2)C(=O)C1=Cc1ccc(-c2ccc(Cl)cc2)o1. The first-order chi connectivity index (χ1) is 13.9. The Bertz CT molecular complexity index is 1150. The zero-order valence-corrected chi connectivity index (χ0v) is 16.3. The van der Waals surface area contributed by atoms with Crippen molar-refractivity contribution in [3.05, 3.63) is 82.8 Å². The monoisotopic (exact) mass is 426 g/mol. The summed E-state index contributed by atoms with van der Waals surface area (Å²) in [5.74, 6) is -0.838. The maximum atomic E-state index is 13.2. The quantitative estimate of drug-likeness (QED) is 0.378. The Kier molecular flexibility index (Phi) is 5.00. The predicted molar refractivity (Wildman–Crippen MR) is 112 cm³/mol. The van der Waals surface area contributed by atoms with E-state index in [0.29, 0.717) is 22.2 Å². The Morgan fingerprint density at radius 1 is 1.00 bits per heavy atom. The van der Waals surface area contributed by atoms with Gasteiger partial charge in [-0.15, -0.1) is 0 Å². The number of nitrogens with zero attached hydrogens (tertiary/aromatic N) is 1. The summed E-state index contributed by atoms with van der Waals surface area (Å²) in [4.78, 5) is 26.4. The van der Waals surface area contributed by atoms with Crippen LogP contribution in [0.1, 0.15) is 5.76 Å². The molecule has 0 bridgehead atoms. The first-order valence-corrected chi connectivity index (χ1v) is 9.24. The van der Waals surface area contributed by atoms with Gasteiger partial charge in [0.2, 0.25) is 0 Å². The second-order valence-corrected chi connectivity index (χ2v) is 6.97. The van der Waals surface area contributed by atoms with Crippen LogP contribution in [-0.2, 0) is 9.59 Å². The van der Waals surface area contributed by atoms with E-state index in [0.717, 1.165) is 10.5 Å². The Morgan fingerprint density at radius 2 is 1.69 bits per heavy atom. The molecule has 144 valence electrons. The van der Waals surface area contributed by atoms with Gasteiger partial charge in [-0.2, -0.15) is 0 Å². The molecule has 0 atom stereocenters. The minimum absolute atomic E-state index is 0.0787. The van der Waals surface area contributed by atoms with E-state index >= 15 is 0 Å². The first-order valence-electron chi connectivity index (χ1n) is 8.45. The molecule has 2 amide bonds. The lowest BCUT2D eigenvalue weighted by Crippen LogP contribution is -2.54. The zero-order valence-electron chi connectivity index (χ0n) is 14.7. The number of rotatable bonds is 3. The lowest BCUT2D eigenvalue weighted by molar-refractivity contribution is -0.122. The Hall–Kier alpha value is -3.29. The number of amides is 2. The molecule has 2 aromatic carbocycles. The Labute approximate surface area is 175 Å². The number of benzene rings is 2. The molecule has 1 saturated heterocycles. The third-order valence-electron chi connectivity index (χ3n) is 4.23. The molecule has 1 aliphatic heterocycles. The van der Waals surface area contributed by atoms with Crippen LogP contribution in [0.25, 0.3) is 17.4 Å². The molecule has 1 aromatic heterocycles. The summed E-state index contributed by atoms with van der Waals surface area (Å²) >= 11 is 11.0. The maximum absolute atomic E-state index is 13.2. The van der Waals surface area contributed by atoms with Crippen molar-refractivity contribution in [3.8, 4) is 11.3 Å². The predicted octanol–water partition coefficient (Wildman–Crippen LogP) is 4.57. The largest absolute Gasteiger partial charge is 0.457 e. The molecule has 8 heteroatoms. The summed E-state index contributed by atoms with van der Waals surface area (Å²) in [7, 11) is 0. The van der Waals surface area contributed by atoms with E-state index in [-0.39, 0.29) is 10.7 Å². The van der Waals surface area contributed by atoms with E-state index in [1.165, 1.54) is 30.3 Å². The lowest BCUT2D eigenvalue weighted by atomic mass is 10.1. The molecule has 0 radical (unpaired) electrons. The van der Waals surface area contributed by atoms with Crippen LogP contribution in [0.4, 0.5) is 10.1 Å². The van der Waals surface area contributed by atoms with Gasteiger partial charge in [-0.1, -0.05) is 11.6 Å². The Balaban J connectivity index is 1.66. The molecule has 5 nitrogen and oxygen atoms in total. The summed E-state index contributed by atoms with van der Waals surface area (Å²) < 4.78 is 18.9. The van der Waals surface area contributed by atoms with Gasteiger partial charge in [0, 0.05) is 10.6 Å². The molecule has 0 saturated carbocycles. The van der Waals surface area contributed by atoms with Crippen LogP contribution in [0.2, 0.25) is 5.02 Å². The second-order valence-electron chi connectivity index (χ2n) is 6.14. The van der Waals surface area contributed by atoms with Crippen molar-refractivity contribution < 1.29 is 18.4 Å². The van der Waals surface area contributed by atoms with Crippen molar-refractivity contribution in [2.45, 2.75) is 0 Å². The summed E-state index contributed by atoms with van der Waals surface area (Å²) in [5.41, 5.74) is 0.987. The molecule has 2 heterocycles. The summed E-state index contributed by atoms with van der Waals surface area (Å²) in [5, 5.41) is 2.99. The van der Waals surface area contributed by atoms with Gasteiger partial charge in [0.1, 0.15) is 22.9 Å². The number of anilines is 1. The van der Waals surface area contributed by atoms with Crippen molar-refractivity contribution in [2.75, 3.05) is 4.90 Å². The van der Waals surface area contributed by atoms with Crippen molar-refractivity contribution >= 4 is 52.5 Å². The molecule has 0 spiro atoms. The Morgan fingerprint density at radius 3 is 2.38 bits per heavy atom. The normalized spacial score (nSPS) is 15.7. The summed E-state index contributed by atoms with van der Waals surface area (Å²) in [6, 6.07) is 15.6. The highest BCUT2D eigenvalue weighted by molar-refractivity contribution is 7.80. The van der Waals surface area contributed by atoms with Crippen LogP contribution < -0.4 is 10.2 Å². The van der Waals surface area contributed by atoms with E-state index in [1.807, 2.05) is 0 Å². The van der Waals surface area contributed by atoms with E-state index in [2.05, 4.69) is 5.32 Å². The number of hydrogen-bond donors (Lipinski definition) is 1. The topological polar surface area (TPSA) is 62.6 Å². The van der Waals surface area contributed by atoms with Gasteiger partial charge in [0.05, 0.1) is 5.69 Å². The fourth-order valence-corrected chi connectivity index (χ4v) is 3.23. The zero-order chi connectivity index (χ0) is 20.5. The van der Waals surface area contributed by atoms with Crippen LogP contribution >= 0.6 is 23.8 Å². The highest BCUT2D eigenvalue weighted by Gasteiger charge is 2.34. The molecule has 1 aliphatic rings. The lowest BCUT2D eigenvalue weighted by Gasteiger charge is -2.28. The van der Waals surface area contributed by atoms with Crippen LogP contribution in [0.3, 0.4) is 0 Å². The molecule has 3 aromatic rings. The molecule has 1 N–H and O–H groups in total. The second kappa shape index (κ2) is 7.62. The van der Waals surface area contributed by atoms with Crippen LogP contribution in [0.15, 0.2) is 70.7 Å². The smallest absolute Gasteiger partial charge is 0.270 e. The number of carbonyl (C=O) groups excluding carboxylic acids is 2. The van der Waals surface area contributed by atoms with Gasteiger partial charge in [-0.25, -0.2) is 4.39 Å². The van der Waals surface area contributed by atoms with Gasteiger partial charge in [0.15, 0.2) is 5.11 Å². The number of furan rings is 1. The van der Waals surface area contributed by atoms with E-state index in [1.54, 1.807) is 36.4 Å². The minimum Gasteiger partial charge on any atom is -0.457 e. The van der Waals surface area contributed by atoms with Crippen molar-refractivity contribution in [2.24, 2.45) is 0 Å². The van der Waals surface area contributed by atoms with Gasteiger partial charge in [-0.05, 0) is 79.0 Å². The first kappa shape index (κ1) is 19.0. The number of hydrogen-bond acceptors (Lipinski definition) is 4. The highest BCUT2D eigenvalue weighted by Crippen LogP contribution is 2.26. The van der Waals surface area contributed by atoms with E-state index in [4.69, 9.17) is 28.2 Å². The average Bonchev–Trinajstić information content (AvgIpc) is 3.16. The highest BCUT2D eigenvalue weighted by atomic mass is 35.5. The molecule has 1 fully saturated rings. The van der Waals surface area contributed by atoms with Crippen molar-refractivity contribution in [1.82, 2.24) is 5.32 Å². The number of halogens is 2. The molecule has 0 unspecified atom stereocenters. The van der Waals surface area contributed by atoms with E-state index < -0.39 is 17.6 Å². The number of thiocarbonyl (C=S) groups is 1. The molecule has 0 aliphatic carbocycles. The van der Waals surface area contributed by atoms with Gasteiger partial charge in [-0.3, -0.25) is 19.8 Å². The minimum atomic E-state index is -0.636. The average molecular weight is 427 g/mol. The van der Waals surface area contributed by atoms with Gasteiger partial charge < -0.3 is 4.42 Å². The van der Waals surface area contributed by atoms with Crippen molar-refractivity contribution in [3.63, 3.8) is 0 Å². The number of nitrogens with one attached hydrogen (secondary N) is 1. The third kappa shape index (κ3) is 3.83. The summed E-state index contributed by atoms with van der Waals surface area (Å²) in [6.45, 7) is 0. The van der Waals surface area contributed by atoms with Crippen LogP contribution in [0.5, 0.6) is 0 Å².